The Bertz CT molecular complexity index is 669. The van der Waals surface area contributed by atoms with E-state index in [2.05, 4.69) is 15.0 Å². The third kappa shape index (κ3) is 9.44. The lowest BCUT2D eigenvalue weighted by Gasteiger charge is -2.12. The standard InChI is InChI=1S/C9H13N5O4.2C3H9N/c10-9-12-7-6(8(17)13-9)11-3-14(7)4-18-5(1-15)2-16;2*1-4(2)3/h3,5,15-16H,1-2,4H2,(H3,10,12,13,17);2*1-3H3. The molecule has 150 valence electrons. The average molecular weight is 373 g/mol. The molecule has 0 bridgehead atoms. The second-order valence-electron chi connectivity index (χ2n) is 6.30. The van der Waals surface area contributed by atoms with Gasteiger partial charge < -0.3 is 30.5 Å². The minimum absolute atomic E-state index is 0.00181. The summed E-state index contributed by atoms with van der Waals surface area (Å²) in [7, 11) is 12.0. The third-order valence-corrected chi connectivity index (χ3v) is 2.35. The molecule has 0 aliphatic carbocycles. The summed E-state index contributed by atoms with van der Waals surface area (Å²) in [6.07, 6.45) is 0.680. The van der Waals surface area contributed by atoms with Gasteiger partial charge in [-0.15, -0.1) is 0 Å². The first-order valence-electron chi connectivity index (χ1n) is 7.88. The van der Waals surface area contributed by atoms with E-state index in [0.29, 0.717) is 0 Å². The van der Waals surface area contributed by atoms with Gasteiger partial charge in [-0.1, -0.05) is 0 Å². The van der Waals surface area contributed by atoms with Gasteiger partial charge in [0.25, 0.3) is 5.56 Å². The zero-order valence-electron chi connectivity index (χ0n) is 16.3. The number of nitrogens with one attached hydrogen (secondary N) is 1. The molecular weight excluding hydrogens is 342 g/mol. The van der Waals surface area contributed by atoms with Gasteiger partial charge in [0, 0.05) is 0 Å². The largest absolute Gasteiger partial charge is 0.394 e. The van der Waals surface area contributed by atoms with Crippen molar-refractivity contribution in [2.24, 2.45) is 0 Å². The predicted molar refractivity (Wildman–Crippen MR) is 101 cm³/mol. The molecule has 2 heterocycles. The number of anilines is 1. The zero-order chi connectivity index (χ0) is 20.3. The SMILES string of the molecule is CN(C)C.CN(C)C.Nc1nc2c(ncn2COC(CO)CO)c(=O)[nH]1. The van der Waals surface area contributed by atoms with E-state index in [0.717, 1.165) is 0 Å². The average Bonchev–Trinajstić information content (AvgIpc) is 2.90. The molecule has 0 amide bonds. The number of hydrogen-bond donors (Lipinski definition) is 4. The summed E-state index contributed by atoms with van der Waals surface area (Å²) in [4.78, 5) is 25.6. The first-order chi connectivity index (χ1) is 12.1. The molecule has 11 nitrogen and oxygen atoms in total. The van der Waals surface area contributed by atoms with E-state index in [1.165, 1.54) is 10.9 Å². The molecule has 2 rings (SSSR count). The molecule has 5 N–H and O–H groups in total. The molecular formula is C15H31N7O4. The van der Waals surface area contributed by atoms with Crippen molar-refractivity contribution in [2.45, 2.75) is 12.8 Å². The third-order valence-electron chi connectivity index (χ3n) is 2.35. The van der Waals surface area contributed by atoms with Crippen LogP contribution in [0.1, 0.15) is 0 Å². The van der Waals surface area contributed by atoms with Crippen LogP contribution in [0.5, 0.6) is 0 Å². The number of aromatic nitrogens is 4. The summed E-state index contributed by atoms with van der Waals surface area (Å²) in [5.74, 6) is -0.0184. The van der Waals surface area contributed by atoms with Crippen molar-refractivity contribution in [3.05, 3.63) is 16.7 Å². The predicted octanol–water partition coefficient (Wildman–Crippen LogP) is -1.62. The van der Waals surface area contributed by atoms with Gasteiger partial charge in [-0.2, -0.15) is 4.98 Å². The maximum absolute atomic E-state index is 11.5. The van der Waals surface area contributed by atoms with Crippen molar-refractivity contribution in [1.29, 1.82) is 0 Å². The van der Waals surface area contributed by atoms with Crippen LogP contribution in [0, 0.1) is 0 Å². The lowest BCUT2D eigenvalue weighted by atomic mass is 10.4. The Morgan fingerprint density at radius 1 is 1.19 bits per heavy atom. The van der Waals surface area contributed by atoms with E-state index < -0.39 is 11.7 Å². The molecule has 0 atom stereocenters. The van der Waals surface area contributed by atoms with Crippen LogP contribution in [0.2, 0.25) is 0 Å². The number of imidazole rings is 1. The lowest BCUT2D eigenvalue weighted by Crippen LogP contribution is -2.23. The molecule has 0 saturated heterocycles. The van der Waals surface area contributed by atoms with Gasteiger partial charge in [0.05, 0.1) is 19.5 Å². The molecule has 0 fully saturated rings. The van der Waals surface area contributed by atoms with Crippen LogP contribution >= 0.6 is 0 Å². The Kier molecular flexibility index (Phi) is 11.4. The van der Waals surface area contributed by atoms with Gasteiger partial charge in [0.15, 0.2) is 11.2 Å². The van der Waals surface area contributed by atoms with Crippen LogP contribution < -0.4 is 11.3 Å². The first-order valence-corrected chi connectivity index (χ1v) is 7.88. The van der Waals surface area contributed by atoms with Gasteiger partial charge in [0.1, 0.15) is 12.8 Å². The maximum atomic E-state index is 11.5. The van der Waals surface area contributed by atoms with Crippen LogP contribution in [0.25, 0.3) is 11.2 Å². The number of hydrogen-bond acceptors (Lipinski definition) is 9. The molecule has 2 aromatic rings. The number of fused-ring (bicyclic) bond motifs is 1. The van der Waals surface area contributed by atoms with Crippen molar-refractivity contribution in [1.82, 2.24) is 29.3 Å². The maximum Gasteiger partial charge on any atom is 0.280 e. The van der Waals surface area contributed by atoms with E-state index in [1.54, 1.807) is 0 Å². The van der Waals surface area contributed by atoms with Crippen molar-refractivity contribution >= 4 is 17.1 Å². The Hall–Kier alpha value is -2.05. The van der Waals surface area contributed by atoms with E-state index in [9.17, 15) is 4.79 Å². The van der Waals surface area contributed by atoms with E-state index >= 15 is 0 Å². The summed E-state index contributed by atoms with van der Waals surface area (Å²) in [6, 6.07) is 0. The highest BCUT2D eigenvalue weighted by molar-refractivity contribution is 5.70. The van der Waals surface area contributed by atoms with Crippen LogP contribution in [0.4, 0.5) is 5.95 Å². The fourth-order valence-electron chi connectivity index (χ4n) is 1.41. The Morgan fingerprint density at radius 3 is 2.15 bits per heavy atom. The summed E-state index contributed by atoms with van der Waals surface area (Å²) in [5.41, 5.74) is 5.43. The zero-order valence-corrected chi connectivity index (χ0v) is 16.3. The molecule has 11 heteroatoms. The Morgan fingerprint density at radius 2 is 1.69 bits per heavy atom. The minimum Gasteiger partial charge on any atom is -0.394 e. The van der Waals surface area contributed by atoms with Gasteiger partial charge in [-0.25, -0.2) is 4.98 Å². The summed E-state index contributed by atoms with van der Waals surface area (Å²) < 4.78 is 6.66. The molecule has 2 aromatic heterocycles. The number of nitrogen functional groups attached to an aromatic ring is 1. The topological polar surface area (TPSA) is 146 Å². The summed E-state index contributed by atoms with van der Waals surface area (Å²) in [6.45, 7) is -0.614. The minimum atomic E-state index is -0.693. The monoisotopic (exact) mass is 373 g/mol. The molecule has 0 radical (unpaired) electrons. The van der Waals surface area contributed by atoms with Crippen LogP contribution in [0.3, 0.4) is 0 Å². The quantitative estimate of drug-likeness (QED) is 0.486. The number of ether oxygens (including phenoxy) is 1. The smallest absolute Gasteiger partial charge is 0.280 e. The number of aliphatic hydroxyl groups excluding tert-OH is 2. The van der Waals surface area contributed by atoms with Crippen LogP contribution in [-0.4, -0.2) is 101 Å². The molecule has 0 aromatic carbocycles. The van der Waals surface area contributed by atoms with E-state index in [4.69, 9.17) is 20.7 Å². The summed E-state index contributed by atoms with van der Waals surface area (Å²) in [5, 5.41) is 17.7. The number of nitrogens with zero attached hydrogens (tertiary/aromatic N) is 5. The molecule has 0 aliphatic rings. The normalized spacial score (nSPS) is 10.7. The first kappa shape index (κ1) is 23.9. The van der Waals surface area contributed by atoms with Crippen LogP contribution in [-0.2, 0) is 11.5 Å². The number of aliphatic hydroxyl groups is 2. The van der Waals surface area contributed by atoms with Crippen LogP contribution in [0.15, 0.2) is 11.1 Å². The molecule has 26 heavy (non-hydrogen) atoms. The number of nitrogens with two attached hydrogens (primary N) is 1. The number of rotatable bonds is 5. The van der Waals surface area contributed by atoms with E-state index in [-0.39, 0.29) is 37.1 Å². The lowest BCUT2D eigenvalue weighted by molar-refractivity contribution is -0.0488. The Balaban J connectivity index is 0.000000662. The summed E-state index contributed by atoms with van der Waals surface area (Å²) >= 11 is 0. The van der Waals surface area contributed by atoms with E-state index in [1.807, 2.05) is 52.1 Å². The fourth-order valence-corrected chi connectivity index (χ4v) is 1.41. The second-order valence-corrected chi connectivity index (χ2v) is 6.30. The van der Waals surface area contributed by atoms with Crippen molar-refractivity contribution in [3.8, 4) is 0 Å². The Labute approximate surface area is 153 Å². The molecule has 0 unspecified atom stereocenters. The van der Waals surface area contributed by atoms with Crippen molar-refractivity contribution < 1.29 is 14.9 Å². The molecule has 0 aliphatic heterocycles. The van der Waals surface area contributed by atoms with Gasteiger partial charge >= 0.3 is 0 Å². The highest BCUT2D eigenvalue weighted by Crippen LogP contribution is 2.07. The fraction of sp³-hybridized carbons (Fsp3) is 0.667. The molecule has 0 saturated carbocycles. The highest BCUT2D eigenvalue weighted by Gasteiger charge is 2.11. The molecule has 0 spiro atoms. The van der Waals surface area contributed by atoms with Crippen molar-refractivity contribution in [2.75, 3.05) is 61.2 Å². The number of H-pyrrole nitrogens is 1. The van der Waals surface area contributed by atoms with Gasteiger partial charge in [-0.05, 0) is 42.3 Å². The second kappa shape index (κ2) is 12.3. The van der Waals surface area contributed by atoms with Crippen molar-refractivity contribution in [3.63, 3.8) is 0 Å². The van der Waals surface area contributed by atoms with Gasteiger partial charge in [0.2, 0.25) is 5.95 Å². The highest BCUT2D eigenvalue weighted by atomic mass is 16.5. The van der Waals surface area contributed by atoms with Gasteiger partial charge in [-0.3, -0.25) is 14.3 Å². The number of aromatic amines is 1.